The number of benzene rings is 2. The van der Waals surface area contributed by atoms with Crippen molar-refractivity contribution in [3.05, 3.63) is 73.5 Å². The van der Waals surface area contributed by atoms with E-state index in [4.69, 9.17) is 11.6 Å². The molecule has 0 heterocycles. The zero-order valence-corrected chi connectivity index (χ0v) is 20.5. The van der Waals surface area contributed by atoms with E-state index < -0.39 is 31.5 Å². The lowest BCUT2D eigenvalue weighted by molar-refractivity contribution is 0.347. The number of sulfonamides is 1. The van der Waals surface area contributed by atoms with E-state index in [1.54, 1.807) is 0 Å². The van der Waals surface area contributed by atoms with Gasteiger partial charge in [0, 0.05) is 14.1 Å². The molecule has 0 aliphatic rings. The lowest BCUT2D eigenvalue weighted by Crippen LogP contribution is -2.39. The minimum absolute atomic E-state index is 0.0593. The lowest BCUT2D eigenvalue weighted by atomic mass is 9.82. The fourth-order valence-electron chi connectivity index (χ4n) is 3.45. The molecular weight excluding hydrogens is 466 g/mol. The SMILES string of the molecule is CN(C)S(=O)(=O)c1c(Cl)ccc(Nc2c(N[C@@H](c3ccccc3)C(C)(C)C)c(=O)c2=O)c1O. The van der Waals surface area contributed by atoms with Gasteiger partial charge in [0.05, 0.1) is 16.8 Å². The summed E-state index contributed by atoms with van der Waals surface area (Å²) in [6, 6.07) is 11.8. The van der Waals surface area contributed by atoms with Crippen molar-refractivity contribution in [1.82, 2.24) is 4.31 Å². The van der Waals surface area contributed by atoms with Crippen LogP contribution in [-0.4, -0.2) is 31.9 Å². The van der Waals surface area contributed by atoms with Gasteiger partial charge in [0.2, 0.25) is 10.0 Å². The maximum absolute atomic E-state index is 12.6. The molecule has 3 aromatic rings. The number of hydrogen-bond acceptors (Lipinski definition) is 7. The summed E-state index contributed by atoms with van der Waals surface area (Å²) in [6.07, 6.45) is 0. The van der Waals surface area contributed by atoms with Gasteiger partial charge in [-0.05, 0) is 23.1 Å². The van der Waals surface area contributed by atoms with Crippen LogP contribution in [0.15, 0.2) is 56.9 Å². The summed E-state index contributed by atoms with van der Waals surface area (Å²) in [7, 11) is -1.46. The van der Waals surface area contributed by atoms with E-state index in [9.17, 15) is 23.1 Å². The Kier molecular flexibility index (Phi) is 6.61. The van der Waals surface area contributed by atoms with E-state index in [1.807, 2.05) is 51.1 Å². The van der Waals surface area contributed by atoms with E-state index in [2.05, 4.69) is 10.6 Å². The first-order chi connectivity index (χ1) is 15.3. The number of halogens is 1. The normalized spacial score (nSPS) is 13.3. The quantitative estimate of drug-likeness (QED) is 0.339. The number of hydrogen-bond donors (Lipinski definition) is 3. The largest absolute Gasteiger partial charge is 0.504 e. The number of rotatable bonds is 7. The molecule has 0 fully saturated rings. The van der Waals surface area contributed by atoms with Crippen LogP contribution in [0.5, 0.6) is 5.75 Å². The zero-order chi connectivity index (χ0) is 24.7. The summed E-state index contributed by atoms with van der Waals surface area (Å²) in [5.41, 5.74) is -0.916. The highest BCUT2D eigenvalue weighted by Crippen LogP contribution is 2.41. The third-order valence-corrected chi connectivity index (χ3v) is 7.60. The molecule has 0 aliphatic heterocycles. The van der Waals surface area contributed by atoms with Crippen molar-refractivity contribution in [2.45, 2.75) is 31.7 Å². The zero-order valence-electron chi connectivity index (χ0n) is 18.9. The average molecular weight is 492 g/mol. The highest BCUT2D eigenvalue weighted by atomic mass is 35.5. The molecule has 10 heteroatoms. The van der Waals surface area contributed by atoms with Gasteiger partial charge in [-0.3, -0.25) is 9.59 Å². The van der Waals surface area contributed by atoms with Crippen LogP contribution in [0.4, 0.5) is 17.1 Å². The molecule has 0 bridgehead atoms. The van der Waals surface area contributed by atoms with Crippen molar-refractivity contribution < 1.29 is 13.5 Å². The molecule has 0 saturated carbocycles. The molecule has 0 spiro atoms. The van der Waals surface area contributed by atoms with Crippen LogP contribution in [0.1, 0.15) is 32.4 Å². The molecule has 0 radical (unpaired) electrons. The van der Waals surface area contributed by atoms with Gasteiger partial charge in [-0.1, -0.05) is 62.7 Å². The van der Waals surface area contributed by atoms with Gasteiger partial charge in [0.15, 0.2) is 5.75 Å². The Labute approximate surface area is 197 Å². The van der Waals surface area contributed by atoms with Gasteiger partial charge in [0.1, 0.15) is 16.3 Å². The molecule has 0 amide bonds. The Balaban J connectivity index is 2.03. The Bertz CT molecular complexity index is 1360. The summed E-state index contributed by atoms with van der Waals surface area (Å²) in [4.78, 5) is 24.3. The molecular formula is C23H26ClN3O5S. The maximum atomic E-state index is 12.6. The molecule has 1 atom stereocenters. The minimum atomic E-state index is -4.07. The molecule has 176 valence electrons. The van der Waals surface area contributed by atoms with Gasteiger partial charge in [-0.2, -0.15) is 0 Å². The van der Waals surface area contributed by atoms with Gasteiger partial charge in [-0.15, -0.1) is 0 Å². The monoisotopic (exact) mass is 491 g/mol. The fraction of sp³-hybridized carbons (Fsp3) is 0.304. The van der Waals surface area contributed by atoms with Crippen LogP contribution in [0.25, 0.3) is 0 Å². The van der Waals surface area contributed by atoms with Crippen molar-refractivity contribution in [3.8, 4) is 5.75 Å². The first kappa shape index (κ1) is 24.8. The van der Waals surface area contributed by atoms with Crippen LogP contribution in [0, 0.1) is 5.41 Å². The number of aromatic hydroxyl groups is 1. The highest BCUT2D eigenvalue weighted by molar-refractivity contribution is 7.89. The van der Waals surface area contributed by atoms with E-state index in [0.29, 0.717) is 0 Å². The number of nitrogens with one attached hydrogen (secondary N) is 2. The predicted octanol–water partition coefficient (Wildman–Crippen LogP) is 3.83. The summed E-state index contributed by atoms with van der Waals surface area (Å²) < 4.78 is 26.1. The van der Waals surface area contributed by atoms with Crippen molar-refractivity contribution in [2.24, 2.45) is 5.41 Å². The average Bonchev–Trinajstić information content (AvgIpc) is 2.73. The summed E-state index contributed by atoms with van der Waals surface area (Å²) in [6.45, 7) is 6.00. The highest BCUT2D eigenvalue weighted by Gasteiger charge is 2.32. The van der Waals surface area contributed by atoms with Crippen LogP contribution in [0.2, 0.25) is 5.02 Å². The third kappa shape index (κ3) is 4.62. The van der Waals surface area contributed by atoms with Gasteiger partial charge in [0.25, 0.3) is 10.9 Å². The summed E-state index contributed by atoms with van der Waals surface area (Å²) in [5, 5.41) is 16.4. The molecule has 0 aromatic heterocycles. The molecule has 0 aliphatic carbocycles. The lowest BCUT2D eigenvalue weighted by Gasteiger charge is -2.33. The number of nitrogens with zero attached hydrogens (tertiary/aromatic N) is 1. The number of anilines is 3. The Morgan fingerprint density at radius 3 is 2.09 bits per heavy atom. The smallest absolute Gasteiger partial charge is 0.253 e. The van der Waals surface area contributed by atoms with Crippen molar-refractivity contribution >= 4 is 38.7 Å². The van der Waals surface area contributed by atoms with Crippen LogP contribution < -0.4 is 21.5 Å². The van der Waals surface area contributed by atoms with E-state index in [1.165, 1.54) is 26.2 Å². The number of phenolic OH excluding ortho intramolecular Hbond substituents is 1. The standard InChI is InChI=1S/C23H26ClN3O5S/c1-23(2,3)22(13-9-7-6-8-10-13)26-17-16(19(29)20(17)30)25-15-12-11-14(24)21(18(15)28)33(31,32)27(4)5/h6-12,22,25-26,28H,1-5H3/t22-/m0/s1. The Morgan fingerprint density at radius 1 is 0.970 bits per heavy atom. The van der Waals surface area contributed by atoms with Crippen LogP contribution >= 0.6 is 11.6 Å². The molecule has 0 saturated heterocycles. The molecule has 33 heavy (non-hydrogen) atoms. The van der Waals surface area contributed by atoms with Crippen molar-refractivity contribution in [2.75, 3.05) is 24.7 Å². The van der Waals surface area contributed by atoms with Crippen LogP contribution in [0.3, 0.4) is 0 Å². The van der Waals surface area contributed by atoms with Gasteiger partial charge in [-0.25, -0.2) is 12.7 Å². The van der Waals surface area contributed by atoms with Crippen molar-refractivity contribution in [3.63, 3.8) is 0 Å². The first-order valence-corrected chi connectivity index (χ1v) is 11.9. The fourth-order valence-corrected chi connectivity index (χ4v) is 4.93. The van der Waals surface area contributed by atoms with Gasteiger partial charge >= 0.3 is 0 Å². The second-order valence-corrected chi connectivity index (χ2v) is 11.4. The maximum Gasteiger partial charge on any atom is 0.253 e. The van der Waals surface area contributed by atoms with E-state index in [0.717, 1.165) is 9.87 Å². The molecule has 3 N–H and O–H groups in total. The summed E-state index contributed by atoms with van der Waals surface area (Å²) in [5.74, 6) is -0.648. The number of phenols is 1. The van der Waals surface area contributed by atoms with E-state index in [-0.39, 0.29) is 33.5 Å². The predicted molar refractivity (Wildman–Crippen MR) is 131 cm³/mol. The van der Waals surface area contributed by atoms with Crippen LogP contribution in [-0.2, 0) is 10.0 Å². The second-order valence-electron chi connectivity index (χ2n) is 8.95. The molecule has 8 nitrogen and oxygen atoms in total. The topological polar surface area (TPSA) is 116 Å². The second kappa shape index (κ2) is 8.81. The molecule has 3 aromatic carbocycles. The molecule has 3 rings (SSSR count). The third-order valence-electron chi connectivity index (χ3n) is 5.28. The van der Waals surface area contributed by atoms with E-state index >= 15 is 0 Å². The summed E-state index contributed by atoms with van der Waals surface area (Å²) >= 11 is 6.04. The minimum Gasteiger partial charge on any atom is -0.504 e. The van der Waals surface area contributed by atoms with Gasteiger partial charge < -0.3 is 15.7 Å². The Hall–Kier alpha value is -2.88. The first-order valence-electron chi connectivity index (χ1n) is 10.1. The van der Waals surface area contributed by atoms with Crippen molar-refractivity contribution in [1.29, 1.82) is 0 Å². The Morgan fingerprint density at radius 2 is 1.55 bits per heavy atom. The molecule has 0 unspecified atom stereocenters.